The number of rotatable bonds is 4. The molecule has 5 nitrogen and oxygen atoms in total. The Kier molecular flexibility index (Phi) is 3.32. The molecule has 2 aromatic rings. The summed E-state index contributed by atoms with van der Waals surface area (Å²) in [5.74, 6) is 0.0146. The number of aromatic carboxylic acids is 1. The topological polar surface area (TPSA) is 72.6 Å². The lowest BCUT2D eigenvalue weighted by Crippen LogP contribution is -2.03. The summed E-state index contributed by atoms with van der Waals surface area (Å²) in [6, 6.07) is 6.70. The van der Waals surface area contributed by atoms with Crippen molar-refractivity contribution in [1.82, 2.24) is 5.16 Å². The van der Waals surface area contributed by atoms with Crippen molar-refractivity contribution in [2.24, 2.45) is 0 Å². The van der Waals surface area contributed by atoms with Gasteiger partial charge in [0.15, 0.2) is 0 Å². The molecule has 1 aromatic heterocycles. The maximum atomic E-state index is 11.0. The molecule has 0 unspecified atom stereocenters. The van der Waals surface area contributed by atoms with Crippen LogP contribution in [0.25, 0.3) is 0 Å². The van der Waals surface area contributed by atoms with Crippen molar-refractivity contribution in [3.63, 3.8) is 0 Å². The van der Waals surface area contributed by atoms with Crippen LogP contribution in [0.4, 0.5) is 0 Å². The van der Waals surface area contributed by atoms with Gasteiger partial charge in [0.05, 0.1) is 0 Å². The third-order valence-electron chi connectivity index (χ3n) is 2.42. The van der Waals surface area contributed by atoms with Crippen LogP contribution in [-0.2, 0) is 6.61 Å². The molecular formula is C13H13NO4. The minimum atomic E-state index is -1.01. The molecule has 0 atom stereocenters. The number of hydrogen-bond acceptors (Lipinski definition) is 4. The van der Waals surface area contributed by atoms with Crippen molar-refractivity contribution in [3.8, 4) is 5.75 Å². The second kappa shape index (κ2) is 4.91. The highest BCUT2D eigenvalue weighted by Gasteiger charge is 2.12. The highest BCUT2D eigenvalue weighted by atomic mass is 16.5. The van der Waals surface area contributed by atoms with E-state index in [9.17, 15) is 4.79 Å². The van der Waals surface area contributed by atoms with Crippen LogP contribution >= 0.6 is 0 Å². The first-order valence-corrected chi connectivity index (χ1v) is 5.45. The molecule has 0 saturated heterocycles. The molecule has 0 saturated carbocycles. The number of aryl methyl sites for hydroxylation is 2. The monoisotopic (exact) mass is 247 g/mol. The summed E-state index contributed by atoms with van der Waals surface area (Å²) in [7, 11) is 0. The Balaban J connectivity index is 2.17. The van der Waals surface area contributed by atoms with E-state index in [2.05, 4.69) is 5.16 Å². The molecular weight excluding hydrogens is 234 g/mol. The molecule has 18 heavy (non-hydrogen) atoms. The van der Waals surface area contributed by atoms with Gasteiger partial charge >= 0.3 is 5.97 Å². The third kappa shape index (κ3) is 2.68. The van der Waals surface area contributed by atoms with E-state index in [1.54, 1.807) is 25.1 Å². The van der Waals surface area contributed by atoms with Gasteiger partial charge in [0.25, 0.3) is 0 Å². The van der Waals surface area contributed by atoms with Crippen molar-refractivity contribution in [2.45, 2.75) is 20.5 Å². The number of benzene rings is 1. The molecule has 5 heteroatoms. The molecule has 0 aliphatic rings. The number of carboxylic acids is 1. The van der Waals surface area contributed by atoms with Crippen LogP contribution in [-0.4, -0.2) is 16.2 Å². The summed E-state index contributed by atoms with van der Waals surface area (Å²) in [6.45, 7) is 3.84. The summed E-state index contributed by atoms with van der Waals surface area (Å²) in [5, 5.41) is 12.8. The Bertz CT molecular complexity index is 574. The Morgan fingerprint density at radius 3 is 2.78 bits per heavy atom. The van der Waals surface area contributed by atoms with Crippen LogP contribution < -0.4 is 4.74 Å². The van der Waals surface area contributed by atoms with Gasteiger partial charge in [-0.25, -0.2) is 4.79 Å². The van der Waals surface area contributed by atoms with E-state index in [0.717, 1.165) is 5.56 Å². The zero-order chi connectivity index (χ0) is 13.1. The second-order valence-electron chi connectivity index (χ2n) is 4.02. The number of carbonyl (C=O) groups is 1. The first-order chi connectivity index (χ1) is 8.56. The Morgan fingerprint density at radius 2 is 2.17 bits per heavy atom. The molecule has 1 heterocycles. The highest BCUT2D eigenvalue weighted by Crippen LogP contribution is 2.21. The Hall–Kier alpha value is -2.30. The summed E-state index contributed by atoms with van der Waals surface area (Å²) >= 11 is 0. The Labute approximate surface area is 104 Å². The van der Waals surface area contributed by atoms with Crippen molar-refractivity contribution in [1.29, 1.82) is 0 Å². The molecule has 1 aromatic carbocycles. The molecule has 0 aliphatic heterocycles. The minimum absolute atomic E-state index is 0.140. The van der Waals surface area contributed by atoms with Gasteiger partial charge in [-0.15, -0.1) is 0 Å². The average molecular weight is 247 g/mol. The minimum Gasteiger partial charge on any atom is -0.486 e. The van der Waals surface area contributed by atoms with Crippen LogP contribution in [0, 0.1) is 13.8 Å². The van der Waals surface area contributed by atoms with E-state index in [4.69, 9.17) is 14.4 Å². The van der Waals surface area contributed by atoms with Crippen molar-refractivity contribution >= 4 is 5.97 Å². The fourth-order valence-electron chi connectivity index (χ4n) is 1.56. The lowest BCUT2D eigenvalue weighted by Gasteiger charge is -2.08. The number of nitrogens with zero attached hydrogens (tertiary/aromatic N) is 1. The van der Waals surface area contributed by atoms with Gasteiger partial charge in [-0.05, 0) is 31.5 Å². The van der Waals surface area contributed by atoms with Crippen LogP contribution in [0.2, 0.25) is 0 Å². The van der Waals surface area contributed by atoms with E-state index in [1.165, 1.54) is 6.07 Å². The van der Waals surface area contributed by atoms with E-state index in [-0.39, 0.29) is 12.2 Å². The smallest absolute Gasteiger partial charge is 0.339 e. The predicted octanol–water partition coefficient (Wildman–Crippen LogP) is 2.57. The first kappa shape index (κ1) is 12.2. The number of ether oxygens (including phenoxy) is 1. The van der Waals surface area contributed by atoms with Crippen molar-refractivity contribution in [3.05, 3.63) is 46.8 Å². The quantitative estimate of drug-likeness (QED) is 0.898. The highest BCUT2D eigenvalue weighted by molar-refractivity contribution is 5.90. The molecule has 94 valence electrons. The fourth-order valence-corrected chi connectivity index (χ4v) is 1.56. The van der Waals surface area contributed by atoms with E-state index in [1.807, 2.05) is 6.92 Å². The molecule has 0 radical (unpaired) electrons. The zero-order valence-corrected chi connectivity index (χ0v) is 10.1. The van der Waals surface area contributed by atoms with E-state index in [0.29, 0.717) is 17.2 Å². The van der Waals surface area contributed by atoms with Gasteiger partial charge < -0.3 is 14.4 Å². The van der Waals surface area contributed by atoms with Gasteiger partial charge in [-0.1, -0.05) is 11.2 Å². The molecule has 0 bridgehead atoms. The van der Waals surface area contributed by atoms with Crippen LogP contribution in [0.3, 0.4) is 0 Å². The SMILES string of the molecule is Cc1ccc(C(=O)O)c(OCc2cc(C)on2)c1. The standard InChI is InChI=1S/C13H13NO4/c1-8-3-4-11(13(15)16)12(5-8)17-7-10-6-9(2)18-14-10/h3-6H,7H2,1-2H3,(H,15,16). The predicted molar refractivity (Wildman–Crippen MR) is 63.7 cm³/mol. The van der Waals surface area contributed by atoms with Gasteiger partial charge in [-0.3, -0.25) is 0 Å². The summed E-state index contributed by atoms with van der Waals surface area (Å²) in [4.78, 5) is 11.0. The van der Waals surface area contributed by atoms with Crippen LogP contribution in [0.15, 0.2) is 28.8 Å². The van der Waals surface area contributed by atoms with Gasteiger partial charge in [0, 0.05) is 6.07 Å². The number of hydrogen-bond donors (Lipinski definition) is 1. The van der Waals surface area contributed by atoms with Crippen LogP contribution in [0.5, 0.6) is 5.75 Å². The molecule has 0 fully saturated rings. The van der Waals surface area contributed by atoms with E-state index >= 15 is 0 Å². The average Bonchev–Trinajstić information content (AvgIpc) is 2.72. The lowest BCUT2D eigenvalue weighted by molar-refractivity contribution is 0.0691. The maximum absolute atomic E-state index is 11.0. The number of aromatic nitrogens is 1. The second-order valence-corrected chi connectivity index (χ2v) is 4.02. The maximum Gasteiger partial charge on any atom is 0.339 e. The molecule has 0 aliphatic carbocycles. The Morgan fingerprint density at radius 1 is 1.39 bits per heavy atom. The number of carboxylic acid groups (broad SMARTS) is 1. The third-order valence-corrected chi connectivity index (χ3v) is 2.42. The lowest BCUT2D eigenvalue weighted by atomic mass is 10.1. The molecule has 1 N–H and O–H groups in total. The van der Waals surface area contributed by atoms with Gasteiger partial charge in [-0.2, -0.15) is 0 Å². The first-order valence-electron chi connectivity index (χ1n) is 5.45. The molecule has 0 spiro atoms. The van der Waals surface area contributed by atoms with Gasteiger partial charge in [0.1, 0.15) is 29.4 Å². The van der Waals surface area contributed by atoms with Crippen molar-refractivity contribution < 1.29 is 19.2 Å². The van der Waals surface area contributed by atoms with E-state index < -0.39 is 5.97 Å². The fraction of sp³-hybridized carbons (Fsp3) is 0.231. The van der Waals surface area contributed by atoms with Gasteiger partial charge in [0.2, 0.25) is 0 Å². The molecule has 2 rings (SSSR count). The van der Waals surface area contributed by atoms with Crippen molar-refractivity contribution in [2.75, 3.05) is 0 Å². The summed E-state index contributed by atoms with van der Waals surface area (Å²) in [5.41, 5.74) is 1.71. The zero-order valence-electron chi connectivity index (χ0n) is 10.1. The summed E-state index contributed by atoms with van der Waals surface area (Å²) in [6.07, 6.45) is 0. The summed E-state index contributed by atoms with van der Waals surface area (Å²) < 4.78 is 10.4. The molecule has 0 amide bonds. The largest absolute Gasteiger partial charge is 0.486 e. The normalized spacial score (nSPS) is 10.3. The van der Waals surface area contributed by atoms with Crippen LogP contribution in [0.1, 0.15) is 27.4 Å².